The zero-order valence-electron chi connectivity index (χ0n) is 16.6. The van der Waals surface area contributed by atoms with Gasteiger partial charge in [0.15, 0.2) is 0 Å². The number of ether oxygens (including phenoxy) is 1. The van der Waals surface area contributed by atoms with Crippen LogP contribution in [0.4, 0.5) is 5.69 Å². The molecule has 0 spiro atoms. The molecule has 0 aliphatic rings. The number of carbonyl (C=O) groups is 2. The van der Waals surface area contributed by atoms with Crippen molar-refractivity contribution in [3.63, 3.8) is 0 Å². The fourth-order valence-electron chi connectivity index (χ4n) is 2.41. The molecule has 2 heterocycles. The zero-order valence-corrected chi connectivity index (χ0v) is 17.4. The average molecular weight is 414 g/mol. The molecule has 0 unspecified atom stereocenters. The molecule has 0 atom stereocenters. The third kappa shape index (κ3) is 4.86. The molecule has 1 aromatic carbocycles. The van der Waals surface area contributed by atoms with Gasteiger partial charge in [0, 0.05) is 23.6 Å². The molecule has 3 rings (SSSR count). The van der Waals surface area contributed by atoms with E-state index in [-0.39, 0.29) is 29.9 Å². The molecule has 29 heavy (non-hydrogen) atoms. The maximum Gasteiger partial charge on any atom is 0.338 e. The van der Waals surface area contributed by atoms with Crippen molar-refractivity contribution in [2.45, 2.75) is 40.2 Å². The molecule has 1 amide bonds. The van der Waals surface area contributed by atoms with Gasteiger partial charge in [0.1, 0.15) is 11.6 Å². The SMILES string of the molecule is CC(C)C(=O)Nc1cccc(C(=O)OCc2cc(=O)n3nc(C(C)C)sc3n2)c1. The largest absolute Gasteiger partial charge is 0.456 e. The molecule has 0 aliphatic carbocycles. The number of anilines is 1. The second kappa shape index (κ2) is 8.52. The van der Waals surface area contributed by atoms with E-state index in [0.717, 1.165) is 5.01 Å². The van der Waals surface area contributed by atoms with Gasteiger partial charge in [-0.15, -0.1) is 0 Å². The summed E-state index contributed by atoms with van der Waals surface area (Å²) in [6.07, 6.45) is 0. The number of benzene rings is 1. The smallest absolute Gasteiger partial charge is 0.338 e. The molecule has 0 saturated heterocycles. The van der Waals surface area contributed by atoms with Crippen LogP contribution in [0.3, 0.4) is 0 Å². The van der Waals surface area contributed by atoms with Crippen molar-refractivity contribution in [1.29, 1.82) is 0 Å². The van der Waals surface area contributed by atoms with Crippen LogP contribution < -0.4 is 10.9 Å². The molecule has 9 heteroatoms. The Kier molecular flexibility index (Phi) is 6.07. The summed E-state index contributed by atoms with van der Waals surface area (Å²) in [7, 11) is 0. The number of nitrogens with zero attached hydrogens (tertiary/aromatic N) is 3. The fourth-order valence-corrected chi connectivity index (χ4v) is 3.34. The summed E-state index contributed by atoms with van der Waals surface area (Å²) in [5.41, 5.74) is 0.847. The average Bonchev–Trinajstić information content (AvgIpc) is 3.11. The number of aromatic nitrogens is 3. The van der Waals surface area contributed by atoms with Crippen LogP contribution in [0.5, 0.6) is 0 Å². The first-order chi connectivity index (χ1) is 13.7. The summed E-state index contributed by atoms with van der Waals surface area (Å²) in [5.74, 6) is -0.696. The van der Waals surface area contributed by atoms with E-state index in [9.17, 15) is 14.4 Å². The summed E-state index contributed by atoms with van der Waals surface area (Å²) >= 11 is 1.33. The van der Waals surface area contributed by atoms with E-state index in [1.807, 2.05) is 13.8 Å². The van der Waals surface area contributed by atoms with Crippen LogP contribution in [-0.2, 0) is 16.1 Å². The second-order valence-corrected chi connectivity index (χ2v) is 8.16. The molecule has 0 bridgehead atoms. The van der Waals surface area contributed by atoms with Crippen molar-refractivity contribution in [3.05, 3.63) is 57.0 Å². The quantitative estimate of drug-likeness (QED) is 0.621. The Morgan fingerprint density at radius 2 is 1.97 bits per heavy atom. The van der Waals surface area contributed by atoms with E-state index in [4.69, 9.17) is 4.74 Å². The highest BCUT2D eigenvalue weighted by molar-refractivity contribution is 7.16. The lowest BCUT2D eigenvalue weighted by Gasteiger charge is -2.09. The van der Waals surface area contributed by atoms with Crippen molar-refractivity contribution in [1.82, 2.24) is 14.6 Å². The number of nitrogens with one attached hydrogen (secondary N) is 1. The molecule has 0 saturated carbocycles. The third-order valence-electron chi connectivity index (χ3n) is 4.05. The minimum atomic E-state index is -0.570. The van der Waals surface area contributed by atoms with Crippen LogP contribution in [0.25, 0.3) is 4.96 Å². The van der Waals surface area contributed by atoms with Gasteiger partial charge in [-0.3, -0.25) is 9.59 Å². The van der Waals surface area contributed by atoms with Crippen LogP contribution in [-0.4, -0.2) is 26.5 Å². The molecule has 152 valence electrons. The summed E-state index contributed by atoms with van der Waals surface area (Å²) < 4.78 is 6.56. The maximum atomic E-state index is 12.4. The minimum Gasteiger partial charge on any atom is -0.456 e. The summed E-state index contributed by atoms with van der Waals surface area (Å²) in [4.78, 5) is 41.3. The highest BCUT2D eigenvalue weighted by Gasteiger charge is 2.14. The van der Waals surface area contributed by atoms with Gasteiger partial charge in [-0.2, -0.15) is 9.61 Å². The summed E-state index contributed by atoms with van der Waals surface area (Å²) in [6, 6.07) is 7.81. The molecular weight excluding hydrogens is 392 g/mol. The summed E-state index contributed by atoms with van der Waals surface area (Å²) in [5, 5.41) is 7.81. The second-order valence-electron chi connectivity index (χ2n) is 7.18. The molecule has 3 aromatic rings. The lowest BCUT2D eigenvalue weighted by Crippen LogP contribution is -2.18. The Labute approximate surface area is 171 Å². The van der Waals surface area contributed by atoms with Crippen molar-refractivity contribution >= 4 is 33.9 Å². The number of rotatable bonds is 6. The van der Waals surface area contributed by atoms with Crippen LogP contribution >= 0.6 is 11.3 Å². The predicted molar refractivity (Wildman–Crippen MR) is 110 cm³/mol. The van der Waals surface area contributed by atoms with Gasteiger partial charge < -0.3 is 10.1 Å². The number of hydrogen-bond donors (Lipinski definition) is 1. The highest BCUT2D eigenvalue weighted by Crippen LogP contribution is 2.20. The molecule has 8 nitrogen and oxygen atoms in total. The molecule has 2 aromatic heterocycles. The first kappa shape index (κ1) is 20.7. The minimum absolute atomic E-state index is 0.137. The Morgan fingerprint density at radius 1 is 1.21 bits per heavy atom. The molecule has 0 fully saturated rings. The van der Waals surface area contributed by atoms with Crippen LogP contribution in [0.2, 0.25) is 0 Å². The van der Waals surface area contributed by atoms with E-state index in [0.29, 0.717) is 21.9 Å². The van der Waals surface area contributed by atoms with Crippen LogP contribution in [0, 0.1) is 5.92 Å². The van der Waals surface area contributed by atoms with Crippen LogP contribution in [0.15, 0.2) is 35.1 Å². The van der Waals surface area contributed by atoms with Gasteiger partial charge in [0.2, 0.25) is 10.9 Å². The predicted octanol–water partition coefficient (Wildman–Crippen LogP) is 3.23. The number of carbonyl (C=O) groups excluding carboxylic acids is 2. The molecule has 0 radical (unpaired) electrons. The Bertz CT molecular complexity index is 1120. The van der Waals surface area contributed by atoms with Gasteiger partial charge in [-0.1, -0.05) is 45.1 Å². The maximum absolute atomic E-state index is 12.4. The number of hydrogen-bond acceptors (Lipinski definition) is 7. The van der Waals surface area contributed by atoms with Crippen molar-refractivity contribution in [2.24, 2.45) is 5.92 Å². The van der Waals surface area contributed by atoms with Gasteiger partial charge >= 0.3 is 5.97 Å². The van der Waals surface area contributed by atoms with E-state index >= 15 is 0 Å². The van der Waals surface area contributed by atoms with Crippen molar-refractivity contribution < 1.29 is 14.3 Å². The van der Waals surface area contributed by atoms with Gasteiger partial charge in [0.05, 0.1) is 11.3 Å². The zero-order chi connectivity index (χ0) is 21.1. The van der Waals surface area contributed by atoms with E-state index in [1.54, 1.807) is 38.1 Å². The van der Waals surface area contributed by atoms with Crippen molar-refractivity contribution in [3.8, 4) is 0 Å². The normalized spacial score (nSPS) is 11.2. The van der Waals surface area contributed by atoms with E-state index in [1.165, 1.54) is 21.9 Å². The molecule has 1 N–H and O–H groups in total. The topological polar surface area (TPSA) is 103 Å². The fraction of sp³-hybridized carbons (Fsp3) is 0.350. The number of amides is 1. The first-order valence-corrected chi connectivity index (χ1v) is 10.0. The lowest BCUT2D eigenvalue weighted by molar-refractivity contribution is -0.118. The first-order valence-electron chi connectivity index (χ1n) is 9.22. The number of esters is 1. The Hall–Kier alpha value is -3.07. The standard InChI is InChI=1S/C20H22N4O4S/c1-11(2)17(26)21-14-7-5-6-13(8-14)19(27)28-10-15-9-16(25)24-20(22-15)29-18(23-24)12(3)4/h5-9,11-12H,10H2,1-4H3,(H,21,26). The highest BCUT2D eigenvalue weighted by atomic mass is 32.1. The Balaban J connectivity index is 1.72. The van der Waals surface area contributed by atoms with Gasteiger partial charge in [-0.25, -0.2) is 9.78 Å². The van der Waals surface area contributed by atoms with Gasteiger partial charge in [0.25, 0.3) is 5.56 Å². The van der Waals surface area contributed by atoms with E-state index < -0.39 is 5.97 Å². The third-order valence-corrected chi connectivity index (χ3v) is 5.26. The lowest BCUT2D eigenvalue weighted by atomic mass is 10.1. The molecular formula is C20H22N4O4S. The summed E-state index contributed by atoms with van der Waals surface area (Å²) in [6.45, 7) is 7.41. The molecule has 0 aliphatic heterocycles. The monoisotopic (exact) mass is 414 g/mol. The number of fused-ring (bicyclic) bond motifs is 1. The van der Waals surface area contributed by atoms with Crippen molar-refractivity contribution in [2.75, 3.05) is 5.32 Å². The van der Waals surface area contributed by atoms with E-state index in [2.05, 4.69) is 15.4 Å². The van der Waals surface area contributed by atoms with Crippen LogP contribution in [0.1, 0.15) is 54.7 Å². The van der Waals surface area contributed by atoms with Gasteiger partial charge in [-0.05, 0) is 18.2 Å². The Morgan fingerprint density at radius 3 is 2.66 bits per heavy atom.